The number of carbonyl (C=O) groups is 2. The zero-order valence-corrected chi connectivity index (χ0v) is 15.4. The van der Waals surface area contributed by atoms with Gasteiger partial charge in [-0.1, -0.05) is 6.07 Å². The van der Waals surface area contributed by atoms with Crippen molar-refractivity contribution >= 4 is 40.6 Å². The van der Waals surface area contributed by atoms with Gasteiger partial charge >= 0.3 is 5.97 Å². The average molecular weight is 398 g/mol. The van der Waals surface area contributed by atoms with Gasteiger partial charge in [-0.2, -0.15) is 0 Å². The number of benzene rings is 2. The third-order valence-corrected chi connectivity index (χ3v) is 5.18. The third kappa shape index (κ3) is 3.27. The van der Waals surface area contributed by atoms with E-state index >= 15 is 0 Å². The van der Waals surface area contributed by atoms with E-state index in [9.17, 15) is 19.8 Å². The molecule has 0 aliphatic carbocycles. The number of ether oxygens (including phenoxy) is 2. The molecule has 9 heteroatoms. The monoisotopic (exact) mass is 398 g/mol. The van der Waals surface area contributed by atoms with Crippen molar-refractivity contribution in [1.29, 1.82) is 0 Å². The van der Waals surface area contributed by atoms with Crippen LogP contribution < -0.4 is 9.47 Å². The number of fused-ring (bicyclic) bond motifs is 1. The summed E-state index contributed by atoms with van der Waals surface area (Å²) in [6.07, 6.45) is 1.71. The number of phenols is 1. The number of carboxylic acids is 1. The average Bonchev–Trinajstić information content (AvgIpc) is 3.23. The van der Waals surface area contributed by atoms with E-state index in [0.29, 0.717) is 21.6 Å². The number of hydrogen-bond acceptors (Lipinski definition) is 7. The molecule has 1 saturated heterocycles. The maximum atomic E-state index is 12.6. The summed E-state index contributed by atoms with van der Waals surface area (Å²) in [5.74, 6) is -0.378. The van der Waals surface area contributed by atoms with Crippen molar-refractivity contribution in [2.45, 2.75) is 0 Å². The lowest BCUT2D eigenvalue weighted by Crippen LogP contribution is -2.23. The number of carbonyl (C=O) groups excluding carboxylic acids is 1. The van der Waals surface area contributed by atoms with Crippen LogP contribution in [0.3, 0.4) is 0 Å². The second-order valence-electron chi connectivity index (χ2n) is 5.99. The lowest BCUT2D eigenvalue weighted by molar-refractivity contribution is -0.121. The highest BCUT2D eigenvalue weighted by atomic mass is 32.2. The minimum Gasteiger partial charge on any atom is -0.508 e. The van der Waals surface area contributed by atoms with Crippen molar-refractivity contribution in [3.63, 3.8) is 0 Å². The van der Waals surface area contributed by atoms with Crippen LogP contribution in [-0.4, -0.2) is 46.0 Å². The molecule has 2 heterocycles. The van der Waals surface area contributed by atoms with E-state index in [1.165, 1.54) is 17.0 Å². The first-order valence-corrected chi connectivity index (χ1v) is 8.96. The molecule has 2 aromatic carbocycles. The molecular weight excluding hydrogens is 384 g/mol. The molecule has 0 atom stereocenters. The first kappa shape index (κ1) is 17.9. The maximum absolute atomic E-state index is 12.6. The van der Waals surface area contributed by atoms with Gasteiger partial charge in [0.15, 0.2) is 16.7 Å². The summed E-state index contributed by atoms with van der Waals surface area (Å²) in [6, 6.07) is 9.22. The minimum atomic E-state index is -1.22. The Kier molecular flexibility index (Phi) is 4.44. The summed E-state index contributed by atoms with van der Waals surface area (Å²) >= 11 is 1.13. The number of amides is 1. The van der Waals surface area contributed by atoms with E-state index in [4.69, 9.17) is 9.47 Å². The highest BCUT2D eigenvalue weighted by Crippen LogP contribution is 2.37. The normalized spacial score (nSPS) is 18.3. The Morgan fingerprint density at radius 2 is 2.00 bits per heavy atom. The van der Waals surface area contributed by atoms with Crippen molar-refractivity contribution in [3.05, 3.63) is 52.4 Å². The molecule has 142 valence electrons. The van der Waals surface area contributed by atoms with Crippen LogP contribution in [0.2, 0.25) is 0 Å². The van der Waals surface area contributed by atoms with Gasteiger partial charge in [0, 0.05) is 7.05 Å². The fraction of sp³-hybridized carbons (Fsp3) is 0.105. The molecule has 2 N–H and O–H groups in total. The summed E-state index contributed by atoms with van der Waals surface area (Å²) in [4.78, 5) is 30.1. The lowest BCUT2D eigenvalue weighted by Gasteiger charge is -2.08. The molecule has 0 spiro atoms. The van der Waals surface area contributed by atoms with E-state index in [1.807, 2.05) is 6.07 Å². The quantitative estimate of drug-likeness (QED) is 0.765. The third-order valence-electron chi connectivity index (χ3n) is 4.12. The van der Waals surface area contributed by atoms with Gasteiger partial charge in [-0.15, -0.1) is 0 Å². The molecule has 2 aliphatic rings. The maximum Gasteiger partial charge on any atom is 0.338 e. The summed E-state index contributed by atoms with van der Waals surface area (Å²) in [6.45, 7) is 0.168. The summed E-state index contributed by atoms with van der Waals surface area (Å²) in [5.41, 5.74) is 0.768. The van der Waals surface area contributed by atoms with Gasteiger partial charge in [0.2, 0.25) is 6.79 Å². The largest absolute Gasteiger partial charge is 0.508 e. The zero-order chi connectivity index (χ0) is 19.8. The van der Waals surface area contributed by atoms with Gasteiger partial charge in [-0.25, -0.2) is 9.79 Å². The van der Waals surface area contributed by atoms with Gasteiger partial charge < -0.3 is 19.7 Å². The number of likely N-dealkylation sites (N-methyl/N-ethyl adjacent to an activating group) is 1. The van der Waals surface area contributed by atoms with Crippen molar-refractivity contribution in [1.82, 2.24) is 4.90 Å². The molecule has 1 amide bonds. The topological polar surface area (TPSA) is 109 Å². The van der Waals surface area contributed by atoms with E-state index in [2.05, 4.69) is 4.99 Å². The number of amidine groups is 1. The molecule has 28 heavy (non-hydrogen) atoms. The molecule has 1 fully saturated rings. The number of hydrogen-bond donors (Lipinski definition) is 2. The Morgan fingerprint density at radius 3 is 2.79 bits per heavy atom. The van der Waals surface area contributed by atoms with E-state index in [1.54, 1.807) is 25.3 Å². The predicted molar refractivity (Wildman–Crippen MR) is 103 cm³/mol. The van der Waals surface area contributed by atoms with Crippen LogP contribution in [-0.2, 0) is 4.79 Å². The van der Waals surface area contributed by atoms with E-state index < -0.39 is 5.97 Å². The van der Waals surface area contributed by atoms with E-state index in [0.717, 1.165) is 23.4 Å². The second kappa shape index (κ2) is 6.93. The van der Waals surface area contributed by atoms with Crippen molar-refractivity contribution < 1.29 is 29.3 Å². The molecule has 2 aromatic rings. The highest BCUT2D eigenvalue weighted by Gasteiger charge is 2.31. The number of phenolic OH excluding ortho intramolecular Hbond substituents is 1. The molecule has 0 aromatic heterocycles. The summed E-state index contributed by atoms with van der Waals surface area (Å²) < 4.78 is 10.6. The Bertz CT molecular complexity index is 1060. The SMILES string of the molecule is CN1C(=O)/C(=C/c2ccc3c(c2)OCO3)SC1=Nc1ccc(O)cc1C(=O)O. The fourth-order valence-corrected chi connectivity index (χ4v) is 3.68. The van der Waals surface area contributed by atoms with Crippen LogP contribution in [0.1, 0.15) is 15.9 Å². The van der Waals surface area contributed by atoms with Gasteiger partial charge in [-0.3, -0.25) is 9.69 Å². The van der Waals surface area contributed by atoms with E-state index in [-0.39, 0.29) is 29.7 Å². The number of aliphatic imine (C=N–C) groups is 1. The Hall–Kier alpha value is -3.46. The number of rotatable bonds is 3. The van der Waals surface area contributed by atoms with Crippen LogP contribution in [0, 0.1) is 0 Å². The minimum absolute atomic E-state index is 0.150. The smallest absolute Gasteiger partial charge is 0.338 e. The first-order chi connectivity index (χ1) is 13.4. The van der Waals surface area contributed by atoms with Crippen molar-refractivity contribution in [2.24, 2.45) is 4.99 Å². The number of aromatic carboxylic acids is 1. The van der Waals surface area contributed by atoms with Gasteiger partial charge in [0.1, 0.15) is 5.75 Å². The predicted octanol–water partition coefficient (Wildman–Crippen LogP) is 3.05. The lowest BCUT2D eigenvalue weighted by atomic mass is 10.2. The number of thioether (sulfide) groups is 1. The Labute approximate surface area is 163 Å². The molecule has 0 radical (unpaired) electrons. The Morgan fingerprint density at radius 1 is 1.21 bits per heavy atom. The first-order valence-electron chi connectivity index (χ1n) is 8.14. The molecule has 0 bridgehead atoms. The van der Waals surface area contributed by atoms with Gasteiger partial charge in [-0.05, 0) is 53.7 Å². The van der Waals surface area contributed by atoms with Gasteiger partial charge in [0.05, 0.1) is 16.2 Å². The number of carboxylic acid groups (broad SMARTS) is 1. The zero-order valence-electron chi connectivity index (χ0n) is 14.6. The van der Waals surface area contributed by atoms with Crippen LogP contribution in [0.15, 0.2) is 46.3 Å². The standard InChI is InChI=1S/C19H14N2O6S/c1-21-17(23)16(7-10-2-5-14-15(6-10)27-9-26-14)28-19(21)20-13-4-3-11(22)8-12(13)18(24)25/h2-8,22H,9H2,1H3,(H,24,25)/b16-7-,20-19?. The van der Waals surface area contributed by atoms with Crippen molar-refractivity contribution in [3.8, 4) is 17.2 Å². The summed E-state index contributed by atoms with van der Waals surface area (Å²) in [7, 11) is 1.56. The van der Waals surface area contributed by atoms with Crippen molar-refractivity contribution in [2.75, 3.05) is 13.8 Å². The molecule has 8 nitrogen and oxygen atoms in total. The highest BCUT2D eigenvalue weighted by molar-refractivity contribution is 8.18. The van der Waals surface area contributed by atoms with Gasteiger partial charge in [0.25, 0.3) is 5.91 Å². The second-order valence-corrected chi connectivity index (χ2v) is 7.00. The molecule has 0 saturated carbocycles. The molecule has 4 rings (SSSR count). The van der Waals surface area contributed by atoms with Crippen LogP contribution in [0.5, 0.6) is 17.2 Å². The number of nitrogens with zero attached hydrogens (tertiary/aromatic N) is 2. The van der Waals surface area contributed by atoms with Crippen LogP contribution >= 0.6 is 11.8 Å². The summed E-state index contributed by atoms with van der Waals surface area (Å²) in [5, 5.41) is 19.1. The number of aromatic hydroxyl groups is 1. The Balaban J connectivity index is 1.66. The van der Waals surface area contributed by atoms with Crippen LogP contribution in [0.25, 0.3) is 6.08 Å². The molecule has 2 aliphatic heterocycles. The molecule has 0 unspecified atom stereocenters. The van der Waals surface area contributed by atoms with Crippen LogP contribution in [0.4, 0.5) is 5.69 Å². The fourth-order valence-electron chi connectivity index (χ4n) is 2.70. The molecular formula is C19H14N2O6S.